The highest BCUT2D eigenvalue weighted by Crippen LogP contribution is 2.16. The zero-order chi connectivity index (χ0) is 9.35. The maximum atomic E-state index is 11.0. The summed E-state index contributed by atoms with van der Waals surface area (Å²) in [6, 6.07) is 1.27. The van der Waals surface area contributed by atoms with Gasteiger partial charge in [0.2, 0.25) is 0 Å². The predicted octanol–water partition coefficient (Wildman–Crippen LogP) is 1.29. The predicted molar refractivity (Wildman–Crippen MR) is 54.7 cm³/mol. The Balaban J connectivity index is 0.00000144. The number of anilines is 1. The number of nitrogen functional groups attached to an aromatic ring is 1. The van der Waals surface area contributed by atoms with Gasteiger partial charge >= 0.3 is 0 Å². The third-order valence-electron chi connectivity index (χ3n) is 1.47. The molecule has 0 saturated carbocycles. The van der Waals surface area contributed by atoms with Crippen LogP contribution in [0.2, 0.25) is 0 Å². The lowest BCUT2D eigenvalue weighted by Gasteiger charge is -2.16. The Morgan fingerprint density at radius 2 is 2.00 bits per heavy atom. The van der Waals surface area contributed by atoms with Crippen LogP contribution in [0.1, 0.15) is 34.0 Å². The zero-order valence-corrected chi connectivity index (χ0v) is 7.51. The monoisotopic (exact) mass is 183 g/mol. The van der Waals surface area contributed by atoms with Crippen molar-refractivity contribution in [2.75, 3.05) is 5.73 Å². The van der Waals surface area contributed by atoms with Gasteiger partial charge in [-0.15, -0.1) is 0 Å². The van der Waals surface area contributed by atoms with Gasteiger partial charge in [0.25, 0.3) is 5.56 Å². The molecule has 0 saturated heterocycles. The average Bonchev–Trinajstić information content (AvgIpc) is 1.82. The summed E-state index contributed by atoms with van der Waals surface area (Å²) in [5.74, 6) is 0.885. The molecule has 1 aromatic rings. The van der Waals surface area contributed by atoms with Gasteiger partial charge in [0.1, 0.15) is 11.6 Å². The van der Waals surface area contributed by atoms with Crippen molar-refractivity contribution < 1.29 is 0 Å². The lowest BCUT2D eigenvalue weighted by molar-refractivity contribution is 0.544. The lowest BCUT2D eigenvalue weighted by atomic mass is 9.96. The van der Waals surface area contributed by atoms with Crippen LogP contribution in [-0.4, -0.2) is 9.97 Å². The molecule has 1 heterocycles. The van der Waals surface area contributed by atoms with Crippen LogP contribution < -0.4 is 11.3 Å². The van der Waals surface area contributed by atoms with Crippen molar-refractivity contribution in [3.05, 3.63) is 22.2 Å². The molecular formula is C9H17N3O. The molecule has 3 N–H and O–H groups in total. The first-order chi connectivity index (χ1) is 5.39. The molecule has 1 rings (SSSR count). The molecule has 0 unspecified atom stereocenters. The number of H-pyrrole nitrogens is 1. The van der Waals surface area contributed by atoms with E-state index in [1.54, 1.807) is 0 Å². The van der Waals surface area contributed by atoms with E-state index in [-0.39, 0.29) is 24.2 Å². The second-order valence-corrected chi connectivity index (χ2v) is 3.77. The van der Waals surface area contributed by atoms with Gasteiger partial charge in [-0.2, -0.15) is 0 Å². The van der Waals surface area contributed by atoms with Crippen molar-refractivity contribution in [3.63, 3.8) is 0 Å². The van der Waals surface area contributed by atoms with Crippen LogP contribution in [0.3, 0.4) is 0 Å². The van der Waals surface area contributed by atoms with Crippen molar-refractivity contribution in [1.82, 2.24) is 9.97 Å². The van der Waals surface area contributed by atoms with Crippen molar-refractivity contribution in [1.29, 1.82) is 0 Å². The van der Waals surface area contributed by atoms with Gasteiger partial charge in [-0.3, -0.25) is 4.79 Å². The highest BCUT2D eigenvalue weighted by molar-refractivity contribution is 5.26. The Bertz CT molecular complexity index is 335. The van der Waals surface area contributed by atoms with Crippen molar-refractivity contribution >= 4 is 5.82 Å². The number of nitrogens with zero attached hydrogens (tertiary/aromatic N) is 1. The van der Waals surface area contributed by atoms with Gasteiger partial charge in [-0.1, -0.05) is 28.2 Å². The number of hydrogen-bond acceptors (Lipinski definition) is 3. The van der Waals surface area contributed by atoms with E-state index < -0.39 is 0 Å². The Morgan fingerprint density at radius 3 is 2.38 bits per heavy atom. The molecule has 4 nitrogen and oxygen atoms in total. The summed E-state index contributed by atoms with van der Waals surface area (Å²) >= 11 is 0. The van der Waals surface area contributed by atoms with Gasteiger partial charge in [-0.25, -0.2) is 4.98 Å². The average molecular weight is 183 g/mol. The molecule has 0 aromatic carbocycles. The fourth-order valence-corrected chi connectivity index (χ4v) is 0.832. The molecule has 4 heteroatoms. The highest BCUT2D eigenvalue weighted by atomic mass is 16.1. The summed E-state index contributed by atoms with van der Waals surface area (Å²) in [6.45, 7) is 5.89. The highest BCUT2D eigenvalue weighted by Gasteiger charge is 2.16. The third kappa shape index (κ3) is 2.89. The fraction of sp³-hybridized carbons (Fsp3) is 0.556. The lowest BCUT2D eigenvalue weighted by Crippen LogP contribution is -2.22. The first kappa shape index (κ1) is 11.7. The number of aromatic amines is 1. The van der Waals surface area contributed by atoms with Crippen LogP contribution in [0.5, 0.6) is 0 Å². The summed E-state index contributed by atoms with van der Waals surface area (Å²) in [5, 5.41) is 0. The molecule has 0 aliphatic carbocycles. The van der Waals surface area contributed by atoms with Crippen molar-refractivity contribution in [3.8, 4) is 0 Å². The normalized spacial score (nSPS) is 10.7. The Kier molecular flexibility index (Phi) is 3.23. The molecule has 0 atom stereocenters. The summed E-state index contributed by atoms with van der Waals surface area (Å²) in [6.07, 6.45) is 0. The van der Waals surface area contributed by atoms with E-state index in [2.05, 4.69) is 9.97 Å². The van der Waals surface area contributed by atoms with Gasteiger partial charge in [0.15, 0.2) is 0 Å². The summed E-state index contributed by atoms with van der Waals surface area (Å²) < 4.78 is 0. The number of rotatable bonds is 0. The standard InChI is InChI=1S/C8H13N3O.CH4/c1-8(2,3)7-10-5(9)4-6(12)11-7;/h4H,1-3H3,(H3,9,10,11,12);1H4. The SMILES string of the molecule is C.CC(C)(C)c1nc(N)cc(=O)[nH]1. The van der Waals surface area contributed by atoms with Crippen molar-refractivity contribution in [2.24, 2.45) is 0 Å². The van der Waals surface area contributed by atoms with Crippen LogP contribution in [-0.2, 0) is 5.41 Å². The van der Waals surface area contributed by atoms with Gasteiger partial charge < -0.3 is 10.7 Å². The summed E-state index contributed by atoms with van der Waals surface area (Å²) in [4.78, 5) is 17.7. The van der Waals surface area contributed by atoms with Crippen LogP contribution in [0.25, 0.3) is 0 Å². The molecule has 0 radical (unpaired) electrons. The summed E-state index contributed by atoms with van der Waals surface area (Å²) in [7, 11) is 0. The number of nitrogens with one attached hydrogen (secondary N) is 1. The van der Waals surface area contributed by atoms with E-state index >= 15 is 0 Å². The molecular weight excluding hydrogens is 166 g/mol. The zero-order valence-electron chi connectivity index (χ0n) is 7.51. The molecule has 0 amide bonds. The van der Waals surface area contributed by atoms with E-state index in [9.17, 15) is 4.79 Å². The first-order valence-corrected chi connectivity index (χ1v) is 3.77. The molecule has 0 spiro atoms. The van der Waals surface area contributed by atoms with E-state index in [1.807, 2.05) is 20.8 Å². The smallest absolute Gasteiger partial charge is 0.252 e. The minimum Gasteiger partial charge on any atom is -0.383 e. The van der Waals surface area contributed by atoms with E-state index in [4.69, 9.17) is 5.73 Å². The largest absolute Gasteiger partial charge is 0.383 e. The number of hydrogen-bond donors (Lipinski definition) is 2. The number of aromatic nitrogens is 2. The van der Waals surface area contributed by atoms with Gasteiger partial charge in [-0.05, 0) is 0 Å². The quantitative estimate of drug-likeness (QED) is 0.636. The van der Waals surface area contributed by atoms with Crippen LogP contribution in [0, 0.1) is 0 Å². The fourth-order valence-electron chi connectivity index (χ4n) is 0.832. The Labute approximate surface area is 78.2 Å². The number of nitrogens with two attached hydrogens (primary N) is 1. The molecule has 74 valence electrons. The van der Waals surface area contributed by atoms with Gasteiger partial charge in [0.05, 0.1) is 0 Å². The topological polar surface area (TPSA) is 71.8 Å². The second kappa shape index (κ2) is 3.60. The molecule has 0 aliphatic rings. The molecule has 1 aromatic heterocycles. The Hall–Kier alpha value is -1.32. The van der Waals surface area contributed by atoms with Crippen LogP contribution >= 0.6 is 0 Å². The van der Waals surface area contributed by atoms with E-state index in [0.29, 0.717) is 5.82 Å². The molecule has 0 aliphatic heterocycles. The second-order valence-electron chi connectivity index (χ2n) is 3.77. The minimum absolute atomic E-state index is 0. The van der Waals surface area contributed by atoms with Crippen LogP contribution in [0.15, 0.2) is 10.9 Å². The van der Waals surface area contributed by atoms with E-state index in [1.165, 1.54) is 6.07 Å². The molecule has 0 fully saturated rings. The summed E-state index contributed by atoms with van der Waals surface area (Å²) in [5.41, 5.74) is 5.05. The Morgan fingerprint density at radius 1 is 1.46 bits per heavy atom. The maximum Gasteiger partial charge on any atom is 0.252 e. The molecule has 13 heavy (non-hydrogen) atoms. The van der Waals surface area contributed by atoms with Gasteiger partial charge in [0, 0.05) is 11.5 Å². The first-order valence-electron chi connectivity index (χ1n) is 3.77. The van der Waals surface area contributed by atoms with E-state index in [0.717, 1.165) is 0 Å². The van der Waals surface area contributed by atoms with Crippen molar-refractivity contribution in [2.45, 2.75) is 33.6 Å². The maximum absolute atomic E-state index is 11.0. The van der Waals surface area contributed by atoms with Crippen LogP contribution in [0.4, 0.5) is 5.82 Å². The minimum atomic E-state index is -0.201. The molecule has 0 bridgehead atoms. The third-order valence-corrected chi connectivity index (χ3v) is 1.47.